The van der Waals surface area contributed by atoms with Gasteiger partial charge in [0.15, 0.2) is 0 Å². The van der Waals surface area contributed by atoms with Gasteiger partial charge in [-0.15, -0.1) is 0 Å². The highest BCUT2D eigenvalue weighted by Crippen LogP contribution is 2.17. The molecule has 0 aromatic rings. The molecule has 1 saturated heterocycles. The number of hydrogen-bond donors (Lipinski definition) is 1. The van der Waals surface area contributed by atoms with Crippen molar-refractivity contribution in [3.63, 3.8) is 0 Å². The van der Waals surface area contributed by atoms with Crippen LogP contribution >= 0.6 is 0 Å². The Morgan fingerprint density at radius 1 is 1.25 bits per heavy atom. The third-order valence-corrected chi connectivity index (χ3v) is 3.99. The molecule has 1 heterocycles. The summed E-state index contributed by atoms with van der Waals surface area (Å²) in [6.45, 7) is 8.39. The first kappa shape index (κ1) is 14.0. The molecule has 1 aliphatic rings. The number of hydrogen-bond acceptors (Lipinski definition) is 2. The van der Waals surface area contributed by atoms with E-state index in [4.69, 9.17) is 0 Å². The molecule has 0 aliphatic carbocycles. The quantitative estimate of drug-likeness (QED) is 0.718. The Hall–Kier alpha value is -0.0800. The second-order valence-electron chi connectivity index (χ2n) is 5.34. The van der Waals surface area contributed by atoms with Crippen LogP contribution in [0.15, 0.2) is 0 Å². The Bertz CT molecular complexity index is 164. The van der Waals surface area contributed by atoms with Crippen LogP contribution in [0.1, 0.15) is 52.4 Å². The van der Waals surface area contributed by atoms with E-state index in [0.717, 1.165) is 12.0 Å². The van der Waals surface area contributed by atoms with Crippen LogP contribution in [0, 0.1) is 5.92 Å². The Labute approximate surface area is 102 Å². The zero-order valence-electron chi connectivity index (χ0n) is 11.5. The molecule has 0 amide bonds. The molecule has 1 fully saturated rings. The fourth-order valence-corrected chi connectivity index (χ4v) is 2.80. The molecule has 0 radical (unpaired) electrons. The number of unbranched alkanes of at least 4 members (excludes halogenated alkanes) is 1. The maximum Gasteiger partial charge on any atom is 0.00897 e. The summed E-state index contributed by atoms with van der Waals surface area (Å²) in [7, 11) is 2.33. The summed E-state index contributed by atoms with van der Waals surface area (Å²) in [5, 5.41) is 3.45. The molecule has 1 rings (SSSR count). The lowest BCUT2D eigenvalue weighted by Gasteiger charge is -2.32. The summed E-state index contributed by atoms with van der Waals surface area (Å²) in [6.07, 6.45) is 8.14. The van der Waals surface area contributed by atoms with Crippen molar-refractivity contribution < 1.29 is 0 Å². The van der Waals surface area contributed by atoms with Crippen molar-refractivity contribution in [3.05, 3.63) is 0 Å². The van der Waals surface area contributed by atoms with Crippen molar-refractivity contribution in [3.8, 4) is 0 Å². The minimum atomic E-state index is 0.815. The van der Waals surface area contributed by atoms with E-state index < -0.39 is 0 Å². The molecule has 2 heteroatoms. The first-order valence-corrected chi connectivity index (χ1v) is 7.18. The Balaban J connectivity index is 2.26. The average molecular weight is 226 g/mol. The molecular formula is C14H30N2. The van der Waals surface area contributed by atoms with Gasteiger partial charge in [0.25, 0.3) is 0 Å². The zero-order valence-corrected chi connectivity index (χ0v) is 11.5. The molecule has 96 valence electrons. The second-order valence-corrected chi connectivity index (χ2v) is 5.34. The molecule has 0 aromatic carbocycles. The first-order chi connectivity index (χ1) is 7.77. The minimum Gasteiger partial charge on any atom is -0.317 e. The number of nitrogens with zero attached hydrogens (tertiary/aromatic N) is 1. The van der Waals surface area contributed by atoms with E-state index in [1.165, 1.54) is 58.2 Å². The number of piperidine rings is 1. The third-order valence-electron chi connectivity index (χ3n) is 3.99. The maximum atomic E-state index is 3.45. The van der Waals surface area contributed by atoms with Crippen LogP contribution < -0.4 is 5.32 Å². The molecule has 1 N–H and O–H groups in total. The molecule has 1 unspecified atom stereocenters. The summed E-state index contributed by atoms with van der Waals surface area (Å²) in [6, 6.07) is 0.815. The van der Waals surface area contributed by atoms with Crippen LogP contribution in [0.4, 0.5) is 0 Å². The number of rotatable bonds is 7. The lowest BCUT2D eigenvalue weighted by atomic mass is 9.96. The highest BCUT2D eigenvalue weighted by Gasteiger charge is 2.18. The second kappa shape index (κ2) is 8.08. The molecule has 0 bridgehead atoms. The summed E-state index contributed by atoms with van der Waals surface area (Å²) < 4.78 is 0. The van der Waals surface area contributed by atoms with E-state index in [2.05, 4.69) is 31.1 Å². The molecule has 16 heavy (non-hydrogen) atoms. The van der Waals surface area contributed by atoms with Crippen LogP contribution in [0.25, 0.3) is 0 Å². The van der Waals surface area contributed by atoms with Gasteiger partial charge in [0.1, 0.15) is 0 Å². The topological polar surface area (TPSA) is 15.3 Å². The average Bonchev–Trinajstić information content (AvgIpc) is 2.31. The van der Waals surface area contributed by atoms with Gasteiger partial charge in [0.05, 0.1) is 0 Å². The van der Waals surface area contributed by atoms with E-state index in [0.29, 0.717) is 0 Å². The van der Waals surface area contributed by atoms with Crippen LogP contribution in [-0.2, 0) is 0 Å². The monoisotopic (exact) mass is 226 g/mol. The smallest absolute Gasteiger partial charge is 0.00897 e. The van der Waals surface area contributed by atoms with E-state index >= 15 is 0 Å². The van der Waals surface area contributed by atoms with Crippen molar-refractivity contribution in [1.82, 2.24) is 10.2 Å². The van der Waals surface area contributed by atoms with Gasteiger partial charge in [0.2, 0.25) is 0 Å². The Kier molecular flexibility index (Phi) is 7.06. The van der Waals surface area contributed by atoms with E-state index in [1.54, 1.807) is 0 Å². The standard InChI is InChI=1S/C14H30N2/c1-4-6-7-14(5-2)16(3)12-13-8-10-15-11-9-13/h13-15H,4-12H2,1-3H3. The van der Waals surface area contributed by atoms with Gasteiger partial charge in [-0.1, -0.05) is 26.7 Å². The molecule has 0 aromatic heterocycles. The fourth-order valence-electron chi connectivity index (χ4n) is 2.80. The highest BCUT2D eigenvalue weighted by molar-refractivity contribution is 4.75. The summed E-state index contributed by atoms with van der Waals surface area (Å²) >= 11 is 0. The van der Waals surface area contributed by atoms with Gasteiger partial charge in [-0.25, -0.2) is 0 Å². The molecule has 0 saturated carbocycles. The predicted octanol–water partition coefficient (Wildman–Crippen LogP) is 2.89. The van der Waals surface area contributed by atoms with E-state index in [9.17, 15) is 0 Å². The van der Waals surface area contributed by atoms with Gasteiger partial charge >= 0.3 is 0 Å². The van der Waals surface area contributed by atoms with Crippen LogP contribution in [-0.4, -0.2) is 37.6 Å². The third kappa shape index (κ3) is 4.84. The maximum absolute atomic E-state index is 3.45. The molecule has 1 aliphatic heterocycles. The zero-order chi connectivity index (χ0) is 11.8. The van der Waals surface area contributed by atoms with Crippen LogP contribution in [0.2, 0.25) is 0 Å². The van der Waals surface area contributed by atoms with Gasteiger partial charge < -0.3 is 10.2 Å². The number of nitrogens with one attached hydrogen (secondary N) is 1. The molecular weight excluding hydrogens is 196 g/mol. The summed E-state index contributed by atoms with van der Waals surface area (Å²) in [5.41, 5.74) is 0. The Morgan fingerprint density at radius 2 is 1.94 bits per heavy atom. The normalized spacial score (nSPS) is 20.2. The van der Waals surface area contributed by atoms with Gasteiger partial charge in [-0.2, -0.15) is 0 Å². The van der Waals surface area contributed by atoms with Gasteiger partial charge in [-0.3, -0.25) is 0 Å². The lowest BCUT2D eigenvalue weighted by Crippen LogP contribution is -2.39. The minimum absolute atomic E-state index is 0.815. The van der Waals surface area contributed by atoms with Crippen molar-refractivity contribution in [2.75, 3.05) is 26.7 Å². The van der Waals surface area contributed by atoms with Crippen molar-refractivity contribution in [1.29, 1.82) is 0 Å². The Morgan fingerprint density at radius 3 is 2.50 bits per heavy atom. The summed E-state index contributed by atoms with van der Waals surface area (Å²) in [4.78, 5) is 2.62. The van der Waals surface area contributed by atoms with E-state index in [-0.39, 0.29) is 0 Å². The molecule has 2 nitrogen and oxygen atoms in total. The van der Waals surface area contributed by atoms with Crippen LogP contribution in [0.5, 0.6) is 0 Å². The first-order valence-electron chi connectivity index (χ1n) is 7.18. The molecule has 0 spiro atoms. The van der Waals surface area contributed by atoms with Crippen LogP contribution in [0.3, 0.4) is 0 Å². The van der Waals surface area contributed by atoms with Gasteiger partial charge in [0, 0.05) is 12.6 Å². The fraction of sp³-hybridized carbons (Fsp3) is 1.00. The highest BCUT2D eigenvalue weighted by atomic mass is 15.1. The summed E-state index contributed by atoms with van der Waals surface area (Å²) in [5.74, 6) is 0.932. The van der Waals surface area contributed by atoms with Crippen molar-refractivity contribution >= 4 is 0 Å². The van der Waals surface area contributed by atoms with Crippen molar-refractivity contribution in [2.45, 2.75) is 58.4 Å². The predicted molar refractivity (Wildman–Crippen MR) is 71.8 cm³/mol. The van der Waals surface area contributed by atoms with E-state index in [1.807, 2.05) is 0 Å². The largest absolute Gasteiger partial charge is 0.317 e. The SMILES string of the molecule is CCCCC(CC)N(C)CC1CCNCC1. The van der Waals surface area contributed by atoms with Gasteiger partial charge in [-0.05, 0) is 51.7 Å². The van der Waals surface area contributed by atoms with Crippen molar-refractivity contribution in [2.24, 2.45) is 5.92 Å². The molecule has 1 atom stereocenters. The lowest BCUT2D eigenvalue weighted by molar-refractivity contribution is 0.172.